The summed E-state index contributed by atoms with van der Waals surface area (Å²) in [7, 11) is 0. The van der Waals surface area contributed by atoms with Crippen LogP contribution in [0.4, 0.5) is 13.2 Å². The fourth-order valence-electron chi connectivity index (χ4n) is 2.83. The number of rotatable bonds is 8. The number of ether oxygens (including phenoxy) is 1. The molecule has 2 amide bonds. The van der Waals surface area contributed by atoms with Crippen LogP contribution in [0.15, 0.2) is 36.0 Å². The summed E-state index contributed by atoms with van der Waals surface area (Å²) in [6.07, 6.45) is -1.68. The van der Waals surface area contributed by atoms with Crippen molar-refractivity contribution in [1.29, 1.82) is 0 Å². The van der Waals surface area contributed by atoms with Crippen LogP contribution in [-0.4, -0.2) is 48.1 Å². The van der Waals surface area contributed by atoms with Crippen LogP contribution in [0.5, 0.6) is 0 Å². The minimum atomic E-state index is -4.56. The van der Waals surface area contributed by atoms with Gasteiger partial charge in [-0.3, -0.25) is 9.59 Å². The van der Waals surface area contributed by atoms with Gasteiger partial charge in [0.15, 0.2) is 6.61 Å². The first-order valence-corrected chi connectivity index (χ1v) is 9.14. The van der Waals surface area contributed by atoms with E-state index in [9.17, 15) is 27.6 Å². The highest BCUT2D eigenvalue weighted by Crippen LogP contribution is 2.36. The summed E-state index contributed by atoms with van der Waals surface area (Å²) in [5.41, 5.74) is 0.384. The van der Waals surface area contributed by atoms with Crippen molar-refractivity contribution in [3.63, 3.8) is 0 Å². The maximum Gasteiger partial charge on any atom is 0.406 e. The Morgan fingerprint density at radius 3 is 2.38 bits per heavy atom. The quantitative estimate of drug-likeness (QED) is 0.526. The first-order chi connectivity index (χ1) is 13.6. The first-order valence-electron chi connectivity index (χ1n) is 9.14. The molecular weight excluding hydrogens is 389 g/mol. The fraction of sp³-hybridized carbons (Fsp3) is 0.450. The third-order valence-corrected chi connectivity index (χ3v) is 4.43. The van der Waals surface area contributed by atoms with E-state index in [1.54, 1.807) is 37.3 Å². The van der Waals surface area contributed by atoms with Crippen LogP contribution in [0.3, 0.4) is 0 Å². The molecule has 1 N–H and O–H groups in total. The van der Waals surface area contributed by atoms with E-state index in [0.717, 1.165) is 12.8 Å². The predicted molar refractivity (Wildman–Crippen MR) is 99.1 cm³/mol. The lowest BCUT2D eigenvalue weighted by Crippen LogP contribution is -2.47. The van der Waals surface area contributed by atoms with E-state index in [1.165, 1.54) is 13.0 Å². The van der Waals surface area contributed by atoms with Crippen LogP contribution in [0.25, 0.3) is 6.08 Å². The number of hydrogen-bond donors (Lipinski definition) is 1. The molecule has 6 nitrogen and oxygen atoms in total. The Bertz CT molecular complexity index is 774. The molecule has 0 radical (unpaired) electrons. The summed E-state index contributed by atoms with van der Waals surface area (Å²) in [4.78, 5) is 36.7. The monoisotopic (exact) mass is 412 g/mol. The van der Waals surface area contributed by atoms with Crippen molar-refractivity contribution in [2.75, 3.05) is 13.2 Å². The molecule has 158 valence electrons. The normalized spacial score (nSPS) is 15.4. The van der Waals surface area contributed by atoms with Crippen LogP contribution in [-0.2, 0) is 19.1 Å². The number of amides is 2. The van der Waals surface area contributed by atoms with Crippen LogP contribution in [0, 0.1) is 5.92 Å². The van der Waals surface area contributed by atoms with Gasteiger partial charge in [-0.2, -0.15) is 13.2 Å². The number of hydrogen-bond acceptors (Lipinski definition) is 4. The van der Waals surface area contributed by atoms with Gasteiger partial charge < -0.3 is 15.0 Å². The zero-order valence-electron chi connectivity index (χ0n) is 16.2. The molecule has 0 bridgehead atoms. The lowest BCUT2D eigenvalue weighted by Gasteiger charge is -2.30. The van der Waals surface area contributed by atoms with Gasteiger partial charge in [0.25, 0.3) is 5.91 Å². The van der Waals surface area contributed by atoms with Crippen molar-refractivity contribution in [2.45, 2.75) is 38.9 Å². The van der Waals surface area contributed by atoms with Gasteiger partial charge in [-0.15, -0.1) is 0 Å². The summed E-state index contributed by atoms with van der Waals surface area (Å²) in [6, 6.07) is 7.98. The van der Waals surface area contributed by atoms with Gasteiger partial charge in [0, 0.05) is 13.0 Å². The third-order valence-electron chi connectivity index (χ3n) is 4.43. The molecule has 1 atom stereocenters. The summed E-state index contributed by atoms with van der Waals surface area (Å²) in [6.45, 7) is 0.498. The van der Waals surface area contributed by atoms with Crippen LogP contribution >= 0.6 is 0 Å². The van der Waals surface area contributed by atoms with Gasteiger partial charge in [0.05, 0.1) is 0 Å². The van der Waals surface area contributed by atoms with Gasteiger partial charge in [-0.05, 0) is 37.3 Å². The van der Waals surface area contributed by atoms with E-state index in [0.29, 0.717) is 10.5 Å². The van der Waals surface area contributed by atoms with E-state index in [4.69, 9.17) is 4.74 Å². The van der Waals surface area contributed by atoms with Gasteiger partial charge >= 0.3 is 12.1 Å². The van der Waals surface area contributed by atoms with Crippen molar-refractivity contribution >= 4 is 23.9 Å². The molecule has 0 spiro atoms. The van der Waals surface area contributed by atoms with E-state index in [-0.39, 0.29) is 11.6 Å². The van der Waals surface area contributed by atoms with Crippen molar-refractivity contribution in [2.24, 2.45) is 5.92 Å². The molecule has 1 saturated carbocycles. The molecule has 29 heavy (non-hydrogen) atoms. The molecule has 0 aromatic heterocycles. The van der Waals surface area contributed by atoms with Gasteiger partial charge in [-0.1, -0.05) is 30.3 Å². The van der Waals surface area contributed by atoms with Gasteiger partial charge in [0.2, 0.25) is 5.91 Å². The summed E-state index contributed by atoms with van der Waals surface area (Å²) < 4.78 is 43.5. The minimum Gasteiger partial charge on any atom is -0.451 e. The second-order valence-corrected chi connectivity index (χ2v) is 6.94. The highest BCUT2D eigenvalue weighted by Gasteiger charge is 2.40. The van der Waals surface area contributed by atoms with Crippen molar-refractivity contribution in [3.8, 4) is 0 Å². The second kappa shape index (κ2) is 9.58. The lowest BCUT2D eigenvalue weighted by atomic mass is 10.2. The number of nitrogens with one attached hydrogen (secondary N) is 1. The first kappa shape index (κ1) is 22.4. The Morgan fingerprint density at radius 1 is 1.24 bits per heavy atom. The molecule has 0 unspecified atom stereocenters. The molecule has 2 rings (SSSR count). The lowest BCUT2D eigenvalue weighted by molar-refractivity contribution is -0.170. The Hall–Kier alpha value is -2.84. The van der Waals surface area contributed by atoms with Crippen molar-refractivity contribution < 1.29 is 32.3 Å². The standard InChI is InChI=1S/C20H23F3N2O4/c1-13(16-8-9-16)25(12-20(21,22)23)18(27)11-29-19(28)17(24-14(2)26)10-15-6-4-3-5-7-15/h3-7,10,13,16H,8-9,11-12H2,1-2H3,(H,24,26)/b17-10-/t13-/m1/s1. The van der Waals surface area contributed by atoms with E-state index in [2.05, 4.69) is 5.32 Å². The van der Waals surface area contributed by atoms with E-state index >= 15 is 0 Å². The van der Waals surface area contributed by atoms with Gasteiger partial charge in [-0.25, -0.2) is 4.79 Å². The topological polar surface area (TPSA) is 75.7 Å². The van der Waals surface area contributed by atoms with E-state index in [1.807, 2.05) is 0 Å². The SMILES string of the molecule is CC(=O)N/C(=C\c1ccccc1)C(=O)OCC(=O)N(CC(F)(F)F)[C@H](C)C1CC1. The maximum atomic E-state index is 12.9. The largest absolute Gasteiger partial charge is 0.451 e. The smallest absolute Gasteiger partial charge is 0.406 e. The number of halogens is 3. The Labute approximate surface area is 166 Å². The number of alkyl halides is 3. The number of carbonyl (C=O) groups excluding carboxylic acids is 3. The van der Waals surface area contributed by atoms with Crippen LogP contribution < -0.4 is 5.32 Å². The number of esters is 1. The van der Waals surface area contributed by atoms with Crippen molar-refractivity contribution in [1.82, 2.24) is 10.2 Å². The fourth-order valence-corrected chi connectivity index (χ4v) is 2.83. The molecule has 0 aliphatic heterocycles. The van der Waals surface area contributed by atoms with Crippen LogP contribution in [0.1, 0.15) is 32.3 Å². The highest BCUT2D eigenvalue weighted by molar-refractivity contribution is 5.98. The molecule has 1 aliphatic rings. The highest BCUT2D eigenvalue weighted by atomic mass is 19.4. The zero-order chi connectivity index (χ0) is 21.6. The Balaban J connectivity index is 2.07. The Kier molecular flexibility index (Phi) is 7.41. The number of benzene rings is 1. The molecule has 9 heteroatoms. The summed E-state index contributed by atoms with van der Waals surface area (Å²) in [5, 5.41) is 2.31. The Morgan fingerprint density at radius 2 is 1.86 bits per heavy atom. The molecule has 1 aromatic rings. The molecular formula is C20H23F3N2O4. The zero-order valence-corrected chi connectivity index (χ0v) is 16.2. The van der Waals surface area contributed by atoms with Crippen molar-refractivity contribution in [3.05, 3.63) is 41.6 Å². The number of nitrogens with zero attached hydrogens (tertiary/aromatic N) is 1. The third kappa shape index (κ3) is 7.59. The molecule has 0 heterocycles. The summed E-state index contributed by atoms with van der Waals surface area (Å²) >= 11 is 0. The van der Waals surface area contributed by atoms with Crippen LogP contribution in [0.2, 0.25) is 0 Å². The molecule has 1 aliphatic carbocycles. The van der Waals surface area contributed by atoms with Gasteiger partial charge in [0.1, 0.15) is 12.2 Å². The number of carbonyl (C=O) groups is 3. The molecule has 1 fully saturated rings. The maximum absolute atomic E-state index is 12.9. The average Bonchev–Trinajstić information content (AvgIpc) is 3.48. The molecule has 0 saturated heterocycles. The average molecular weight is 412 g/mol. The van der Waals surface area contributed by atoms with E-state index < -0.39 is 43.2 Å². The summed E-state index contributed by atoms with van der Waals surface area (Å²) in [5.74, 6) is -2.46. The predicted octanol–water partition coefficient (Wildman–Crippen LogP) is 2.90. The second-order valence-electron chi connectivity index (χ2n) is 6.94. The minimum absolute atomic E-state index is 0.0184. The molecule has 1 aromatic carbocycles.